The average molecular weight is 249 g/mol. The van der Waals surface area contributed by atoms with Gasteiger partial charge in [-0.1, -0.05) is 33.1 Å². The van der Waals surface area contributed by atoms with E-state index in [0.29, 0.717) is 30.0 Å². The standard InChI is InChI=1S/C15H23NO2/c1-3-5-6-7-10-18-15-9-8-12(11-13(15)16)14(17)4-2/h8-9,11H,3-7,10,16H2,1-2H3. The summed E-state index contributed by atoms with van der Waals surface area (Å²) in [5.74, 6) is 0.787. The first-order valence-corrected chi connectivity index (χ1v) is 6.74. The Morgan fingerprint density at radius 1 is 1.22 bits per heavy atom. The normalized spacial score (nSPS) is 10.3. The van der Waals surface area contributed by atoms with E-state index in [1.54, 1.807) is 18.2 Å². The van der Waals surface area contributed by atoms with Crippen LogP contribution in [0.5, 0.6) is 5.75 Å². The highest BCUT2D eigenvalue weighted by Gasteiger charge is 2.06. The number of unbranched alkanes of at least 4 members (excludes halogenated alkanes) is 3. The first kappa shape index (κ1) is 14.6. The van der Waals surface area contributed by atoms with Crippen LogP contribution in [-0.4, -0.2) is 12.4 Å². The van der Waals surface area contributed by atoms with Crippen molar-refractivity contribution in [3.8, 4) is 5.75 Å². The summed E-state index contributed by atoms with van der Waals surface area (Å²) in [5.41, 5.74) is 7.08. The van der Waals surface area contributed by atoms with E-state index in [9.17, 15) is 4.79 Å². The molecule has 0 aromatic heterocycles. The van der Waals surface area contributed by atoms with Gasteiger partial charge in [-0.3, -0.25) is 4.79 Å². The minimum absolute atomic E-state index is 0.108. The third kappa shape index (κ3) is 4.40. The Morgan fingerprint density at radius 2 is 2.00 bits per heavy atom. The fourth-order valence-corrected chi connectivity index (χ4v) is 1.77. The van der Waals surface area contributed by atoms with Gasteiger partial charge >= 0.3 is 0 Å². The molecule has 2 N–H and O–H groups in total. The largest absolute Gasteiger partial charge is 0.491 e. The second-order valence-electron chi connectivity index (χ2n) is 4.44. The molecule has 0 unspecified atom stereocenters. The zero-order valence-electron chi connectivity index (χ0n) is 11.4. The van der Waals surface area contributed by atoms with Crippen LogP contribution in [0.15, 0.2) is 18.2 Å². The number of benzene rings is 1. The zero-order chi connectivity index (χ0) is 13.4. The van der Waals surface area contributed by atoms with Crippen molar-refractivity contribution in [2.75, 3.05) is 12.3 Å². The van der Waals surface area contributed by atoms with Gasteiger partial charge < -0.3 is 10.5 Å². The van der Waals surface area contributed by atoms with Crippen molar-refractivity contribution in [3.05, 3.63) is 23.8 Å². The lowest BCUT2D eigenvalue weighted by Crippen LogP contribution is -2.03. The molecule has 3 heteroatoms. The maximum Gasteiger partial charge on any atom is 0.162 e. The Bertz CT molecular complexity index is 388. The van der Waals surface area contributed by atoms with E-state index in [1.165, 1.54) is 19.3 Å². The molecule has 1 rings (SSSR count). The molecule has 0 aliphatic carbocycles. The first-order valence-electron chi connectivity index (χ1n) is 6.74. The molecule has 0 aliphatic rings. The Hall–Kier alpha value is -1.51. The van der Waals surface area contributed by atoms with E-state index < -0.39 is 0 Å². The number of carbonyl (C=O) groups is 1. The predicted octanol–water partition coefficient (Wildman–Crippen LogP) is 3.82. The number of anilines is 1. The van der Waals surface area contributed by atoms with Crippen molar-refractivity contribution >= 4 is 11.5 Å². The Kier molecular flexibility index (Phi) is 6.26. The number of hydrogen-bond donors (Lipinski definition) is 1. The van der Waals surface area contributed by atoms with E-state index in [4.69, 9.17) is 10.5 Å². The molecule has 3 nitrogen and oxygen atoms in total. The summed E-state index contributed by atoms with van der Waals surface area (Å²) in [5, 5.41) is 0. The number of ketones is 1. The molecular weight excluding hydrogens is 226 g/mol. The van der Waals surface area contributed by atoms with Crippen LogP contribution in [0.4, 0.5) is 5.69 Å². The van der Waals surface area contributed by atoms with Crippen LogP contribution in [0.25, 0.3) is 0 Å². The van der Waals surface area contributed by atoms with Crippen LogP contribution in [-0.2, 0) is 0 Å². The van der Waals surface area contributed by atoms with Gasteiger partial charge in [0.25, 0.3) is 0 Å². The molecule has 1 aromatic rings. The van der Waals surface area contributed by atoms with E-state index in [2.05, 4.69) is 6.92 Å². The van der Waals surface area contributed by atoms with Crippen molar-refractivity contribution in [1.29, 1.82) is 0 Å². The topological polar surface area (TPSA) is 52.3 Å². The van der Waals surface area contributed by atoms with Crippen LogP contribution < -0.4 is 10.5 Å². The van der Waals surface area contributed by atoms with Crippen molar-refractivity contribution in [3.63, 3.8) is 0 Å². The van der Waals surface area contributed by atoms with E-state index >= 15 is 0 Å². The highest BCUT2D eigenvalue weighted by atomic mass is 16.5. The van der Waals surface area contributed by atoms with E-state index in [0.717, 1.165) is 6.42 Å². The summed E-state index contributed by atoms with van der Waals surface area (Å²) >= 11 is 0. The molecule has 0 fully saturated rings. The molecule has 18 heavy (non-hydrogen) atoms. The maximum absolute atomic E-state index is 11.5. The fraction of sp³-hybridized carbons (Fsp3) is 0.533. The molecular formula is C15H23NO2. The van der Waals surface area contributed by atoms with Crippen LogP contribution in [0.1, 0.15) is 56.3 Å². The second-order valence-corrected chi connectivity index (χ2v) is 4.44. The average Bonchev–Trinajstić information content (AvgIpc) is 2.39. The fourth-order valence-electron chi connectivity index (χ4n) is 1.77. The van der Waals surface area contributed by atoms with Gasteiger partial charge in [-0.15, -0.1) is 0 Å². The van der Waals surface area contributed by atoms with Gasteiger partial charge in [0.05, 0.1) is 12.3 Å². The van der Waals surface area contributed by atoms with Gasteiger partial charge in [-0.05, 0) is 24.6 Å². The molecule has 0 heterocycles. The molecule has 1 aromatic carbocycles. The van der Waals surface area contributed by atoms with Crippen LogP contribution in [0.2, 0.25) is 0 Å². The Balaban J connectivity index is 2.49. The summed E-state index contributed by atoms with van der Waals surface area (Å²) in [4.78, 5) is 11.5. The molecule has 0 aliphatic heterocycles. The number of Topliss-reactive ketones (excluding diaryl/α,β-unsaturated/α-hetero) is 1. The van der Waals surface area contributed by atoms with Gasteiger partial charge in [0.2, 0.25) is 0 Å². The number of hydrogen-bond acceptors (Lipinski definition) is 3. The maximum atomic E-state index is 11.5. The summed E-state index contributed by atoms with van der Waals surface area (Å²) in [6.45, 7) is 4.71. The summed E-state index contributed by atoms with van der Waals surface area (Å²) in [7, 11) is 0. The van der Waals surface area contributed by atoms with Gasteiger partial charge in [-0.25, -0.2) is 0 Å². The van der Waals surface area contributed by atoms with Crippen molar-refractivity contribution in [2.45, 2.75) is 46.0 Å². The molecule has 100 valence electrons. The monoisotopic (exact) mass is 249 g/mol. The van der Waals surface area contributed by atoms with E-state index in [-0.39, 0.29) is 5.78 Å². The first-order chi connectivity index (χ1) is 8.69. The van der Waals surface area contributed by atoms with Crippen molar-refractivity contribution in [1.82, 2.24) is 0 Å². The molecule has 0 atom stereocenters. The predicted molar refractivity (Wildman–Crippen MR) is 75.1 cm³/mol. The highest BCUT2D eigenvalue weighted by molar-refractivity contribution is 5.97. The molecule has 0 saturated heterocycles. The van der Waals surface area contributed by atoms with Crippen molar-refractivity contribution in [2.24, 2.45) is 0 Å². The lowest BCUT2D eigenvalue weighted by Gasteiger charge is -2.09. The number of carbonyl (C=O) groups excluding carboxylic acids is 1. The summed E-state index contributed by atoms with van der Waals surface area (Å²) < 4.78 is 5.62. The van der Waals surface area contributed by atoms with Crippen molar-refractivity contribution < 1.29 is 9.53 Å². The number of nitrogens with two attached hydrogens (primary N) is 1. The SMILES string of the molecule is CCCCCCOc1ccc(C(=O)CC)cc1N. The smallest absolute Gasteiger partial charge is 0.162 e. The quantitative estimate of drug-likeness (QED) is 0.433. The second kappa shape index (κ2) is 7.75. The van der Waals surface area contributed by atoms with Gasteiger partial charge in [-0.2, -0.15) is 0 Å². The summed E-state index contributed by atoms with van der Waals surface area (Å²) in [6, 6.07) is 5.27. The lowest BCUT2D eigenvalue weighted by atomic mass is 10.1. The Morgan fingerprint density at radius 3 is 2.61 bits per heavy atom. The molecule has 0 radical (unpaired) electrons. The molecule has 0 amide bonds. The Labute approximate surface area is 109 Å². The third-order valence-corrected chi connectivity index (χ3v) is 2.91. The van der Waals surface area contributed by atoms with Crippen LogP contribution in [0, 0.1) is 0 Å². The van der Waals surface area contributed by atoms with Crippen LogP contribution in [0.3, 0.4) is 0 Å². The van der Waals surface area contributed by atoms with Gasteiger partial charge in [0.15, 0.2) is 5.78 Å². The van der Waals surface area contributed by atoms with Crippen LogP contribution >= 0.6 is 0 Å². The van der Waals surface area contributed by atoms with Gasteiger partial charge in [0.1, 0.15) is 5.75 Å². The minimum atomic E-state index is 0.108. The molecule has 0 saturated carbocycles. The third-order valence-electron chi connectivity index (χ3n) is 2.91. The summed E-state index contributed by atoms with van der Waals surface area (Å²) in [6.07, 6.45) is 5.18. The zero-order valence-corrected chi connectivity index (χ0v) is 11.4. The molecule has 0 bridgehead atoms. The minimum Gasteiger partial charge on any atom is -0.491 e. The number of nitrogen functional groups attached to an aromatic ring is 1. The highest BCUT2D eigenvalue weighted by Crippen LogP contribution is 2.23. The number of rotatable bonds is 8. The molecule has 0 spiro atoms. The number of ether oxygens (including phenoxy) is 1. The lowest BCUT2D eigenvalue weighted by molar-refractivity contribution is 0.0988. The van der Waals surface area contributed by atoms with E-state index in [1.807, 2.05) is 6.92 Å². The van der Waals surface area contributed by atoms with Gasteiger partial charge in [0, 0.05) is 12.0 Å².